The normalized spacial score (nSPS) is 15.6. The molecule has 0 bridgehead atoms. The molecule has 154 valence electrons. The van der Waals surface area contributed by atoms with Crippen molar-refractivity contribution in [3.63, 3.8) is 0 Å². The number of aliphatic carboxylic acids is 1. The molecule has 1 heterocycles. The molecule has 0 saturated carbocycles. The van der Waals surface area contributed by atoms with Crippen LogP contribution in [0.15, 0.2) is 54.6 Å². The van der Waals surface area contributed by atoms with E-state index in [0.29, 0.717) is 18.0 Å². The largest absolute Gasteiger partial charge is 0.497 e. The van der Waals surface area contributed by atoms with Crippen LogP contribution in [0.4, 0.5) is 11.4 Å². The number of rotatable bonds is 8. The van der Waals surface area contributed by atoms with E-state index in [2.05, 4.69) is 27.2 Å². The van der Waals surface area contributed by atoms with Gasteiger partial charge in [-0.1, -0.05) is 18.2 Å². The lowest BCUT2D eigenvalue weighted by atomic mass is 10.0. The van der Waals surface area contributed by atoms with Gasteiger partial charge in [-0.3, -0.25) is 14.5 Å². The van der Waals surface area contributed by atoms with E-state index in [-0.39, 0.29) is 12.3 Å². The zero-order chi connectivity index (χ0) is 20.6. The molecule has 1 saturated heterocycles. The second-order valence-electron chi connectivity index (χ2n) is 7.14. The van der Waals surface area contributed by atoms with Crippen molar-refractivity contribution in [2.45, 2.75) is 6.42 Å². The molecule has 1 atom stereocenters. The van der Waals surface area contributed by atoms with Crippen LogP contribution in [-0.4, -0.2) is 61.7 Å². The minimum absolute atomic E-state index is 0.0553. The number of anilines is 2. The number of hydrogen-bond acceptors (Lipinski definition) is 5. The van der Waals surface area contributed by atoms with Gasteiger partial charge < -0.3 is 20.1 Å². The number of ether oxygens (including phenoxy) is 1. The van der Waals surface area contributed by atoms with Crippen molar-refractivity contribution in [1.82, 2.24) is 4.90 Å². The Morgan fingerprint density at radius 2 is 1.69 bits per heavy atom. The highest BCUT2D eigenvalue weighted by molar-refractivity contribution is 5.93. The maximum atomic E-state index is 12.3. The molecule has 1 fully saturated rings. The molecule has 2 N–H and O–H groups in total. The fourth-order valence-corrected chi connectivity index (χ4v) is 3.48. The molecule has 1 aliphatic heterocycles. The third-order valence-corrected chi connectivity index (χ3v) is 5.13. The number of carbonyl (C=O) groups excluding carboxylic acids is 1. The fraction of sp³-hybridized carbons (Fsp3) is 0.364. The van der Waals surface area contributed by atoms with Crippen molar-refractivity contribution in [3.05, 3.63) is 54.6 Å². The number of carboxylic acid groups (broad SMARTS) is 1. The van der Waals surface area contributed by atoms with Crippen LogP contribution >= 0.6 is 0 Å². The second kappa shape index (κ2) is 9.93. The van der Waals surface area contributed by atoms with E-state index < -0.39 is 11.9 Å². The van der Waals surface area contributed by atoms with E-state index >= 15 is 0 Å². The third kappa shape index (κ3) is 5.96. The summed E-state index contributed by atoms with van der Waals surface area (Å²) in [6, 6.07) is 17.2. The first-order valence-corrected chi connectivity index (χ1v) is 9.74. The zero-order valence-electron chi connectivity index (χ0n) is 16.6. The number of hydrogen-bond donors (Lipinski definition) is 2. The molecular formula is C22H27N3O4. The molecule has 1 aliphatic rings. The van der Waals surface area contributed by atoms with E-state index in [0.717, 1.165) is 26.2 Å². The first-order chi connectivity index (χ1) is 14.0. The number of nitrogens with zero attached hydrogens (tertiary/aromatic N) is 2. The summed E-state index contributed by atoms with van der Waals surface area (Å²) >= 11 is 0. The standard InChI is InChI=1S/C22H27N3O4/c1-29-20-9-7-18(8-10-20)23-21(26)15-17(22(27)28)16-24-11-13-25(14-12-24)19-5-3-2-4-6-19/h2-10,17H,11-16H2,1H3,(H,23,26)(H,27,28)/t17-/m1/s1. The van der Waals surface area contributed by atoms with Crippen LogP contribution in [0.2, 0.25) is 0 Å². The predicted molar refractivity (Wildman–Crippen MR) is 112 cm³/mol. The lowest BCUT2D eigenvalue weighted by Gasteiger charge is -2.37. The summed E-state index contributed by atoms with van der Waals surface area (Å²) in [5.41, 5.74) is 1.80. The Bertz CT molecular complexity index is 803. The van der Waals surface area contributed by atoms with E-state index in [1.165, 1.54) is 5.69 Å². The molecule has 0 spiro atoms. The minimum Gasteiger partial charge on any atom is -0.497 e. The summed E-state index contributed by atoms with van der Waals surface area (Å²) in [6.45, 7) is 3.61. The van der Waals surface area contributed by atoms with Crippen LogP contribution in [0.5, 0.6) is 5.75 Å². The first kappa shape index (κ1) is 20.7. The number of amides is 1. The summed E-state index contributed by atoms with van der Waals surface area (Å²) in [5, 5.41) is 12.3. The Kier molecular flexibility index (Phi) is 7.08. The smallest absolute Gasteiger partial charge is 0.308 e. The highest BCUT2D eigenvalue weighted by Gasteiger charge is 2.26. The van der Waals surface area contributed by atoms with Crippen LogP contribution in [0.1, 0.15) is 6.42 Å². The molecule has 0 radical (unpaired) electrons. The van der Waals surface area contributed by atoms with Crippen molar-refractivity contribution < 1.29 is 19.4 Å². The van der Waals surface area contributed by atoms with E-state index in [9.17, 15) is 14.7 Å². The summed E-state index contributed by atoms with van der Waals surface area (Å²) in [5.74, 6) is -1.29. The number of methoxy groups -OCH3 is 1. The number of carbonyl (C=O) groups is 2. The number of piperazine rings is 1. The molecule has 7 nitrogen and oxygen atoms in total. The number of benzene rings is 2. The summed E-state index contributed by atoms with van der Waals surface area (Å²) in [7, 11) is 1.57. The van der Waals surface area contributed by atoms with Gasteiger partial charge in [-0.2, -0.15) is 0 Å². The highest BCUT2D eigenvalue weighted by atomic mass is 16.5. The Morgan fingerprint density at radius 3 is 2.28 bits per heavy atom. The van der Waals surface area contributed by atoms with Gasteiger partial charge in [0.25, 0.3) is 0 Å². The van der Waals surface area contributed by atoms with Crippen molar-refractivity contribution in [3.8, 4) is 5.75 Å². The molecule has 2 aromatic carbocycles. The summed E-state index contributed by atoms with van der Waals surface area (Å²) < 4.78 is 5.09. The SMILES string of the molecule is COc1ccc(NC(=O)C[C@H](CN2CCN(c3ccccc3)CC2)C(=O)O)cc1. The third-order valence-electron chi connectivity index (χ3n) is 5.13. The highest BCUT2D eigenvalue weighted by Crippen LogP contribution is 2.18. The average Bonchev–Trinajstić information content (AvgIpc) is 2.75. The molecular weight excluding hydrogens is 370 g/mol. The van der Waals surface area contributed by atoms with Crippen LogP contribution in [0, 0.1) is 5.92 Å². The van der Waals surface area contributed by atoms with Crippen molar-refractivity contribution in [1.29, 1.82) is 0 Å². The number of carboxylic acids is 1. The van der Waals surface area contributed by atoms with Crippen molar-refractivity contribution in [2.24, 2.45) is 5.92 Å². The van der Waals surface area contributed by atoms with Gasteiger partial charge in [0.05, 0.1) is 13.0 Å². The fourth-order valence-electron chi connectivity index (χ4n) is 3.48. The van der Waals surface area contributed by atoms with Gasteiger partial charge in [-0.15, -0.1) is 0 Å². The second-order valence-corrected chi connectivity index (χ2v) is 7.14. The van der Waals surface area contributed by atoms with Crippen molar-refractivity contribution >= 4 is 23.3 Å². The van der Waals surface area contributed by atoms with Gasteiger partial charge in [0.15, 0.2) is 0 Å². The van der Waals surface area contributed by atoms with E-state index in [1.807, 2.05) is 18.2 Å². The minimum atomic E-state index is -0.944. The van der Waals surface area contributed by atoms with Crippen LogP contribution < -0.4 is 15.0 Å². The summed E-state index contributed by atoms with van der Waals surface area (Å²) in [4.78, 5) is 28.4. The maximum absolute atomic E-state index is 12.3. The zero-order valence-corrected chi connectivity index (χ0v) is 16.6. The Labute approximate surface area is 170 Å². The lowest BCUT2D eigenvalue weighted by molar-refractivity contribution is -0.144. The van der Waals surface area contributed by atoms with E-state index in [4.69, 9.17) is 4.74 Å². The number of para-hydroxylation sites is 1. The Balaban J connectivity index is 1.49. The molecule has 7 heteroatoms. The Hall–Kier alpha value is -3.06. The van der Waals surface area contributed by atoms with Gasteiger partial charge in [-0.25, -0.2) is 0 Å². The van der Waals surface area contributed by atoms with Crippen LogP contribution in [-0.2, 0) is 9.59 Å². The van der Waals surface area contributed by atoms with Crippen LogP contribution in [0.25, 0.3) is 0 Å². The van der Waals surface area contributed by atoms with Gasteiger partial charge in [0, 0.05) is 50.5 Å². The molecule has 1 amide bonds. The first-order valence-electron chi connectivity index (χ1n) is 9.74. The average molecular weight is 397 g/mol. The van der Waals surface area contributed by atoms with Crippen molar-refractivity contribution in [2.75, 3.05) is 50.1 Å². The lowest BCUT2D eigenvalue weighted by Crippen LogP contribution is -2.48. The van der Waals surface area contributed by atoms with Crippen LogP contribution in [0.3, 0.4) is 0 Å². The maximum Gasteiger partial charge on any atom is 0.308 e. The molecule has 0 aromatic heterocycles. The predicted octanol–water partition coefficient (Wildman–Crippen LogP) is 2.55. The number of nitrogens with one attached hydrogen (secondary N) is 1. The molecule has 29 heavy (non-hydrogen) atoms. The van der Waals surface area contributed by atoms with Gasteiger partial charge in [-0.05, 0) is 36.4 Å². The Morgan fingerprint density at radius 1 is 1.03 bits per heavy atom. The molecule has 0 unspecified atom stereocenters. The molecule has 0 aliphatic carbocycles. The van der Waals surface area contributed by atoms with Gasteiger partial charge in [0.1, 0.15) is 5.75 Å². The summed E-state index contributed by atoms with van der Waals surface area (Å²) in [6.07, 6.45) is -0.0553. The quantitative estimate of drug-likeness (QED) is 0.712. The van der Waals surface area contributed by atoms with Gasteiger partial charge in [0.2, 0.25) is 5.91 Å². The van der Waals surface area contributed by atoms with Gasteiger partial charge >= 0.3 is 5.97 Å². The molecule has 2 aromatic rings. The van der Waals surface area contributed by atoms with E-state index in [1.54, 1.807) is 31.4 Å². The topological polar surface area (TPSA) is 82.1 Å². The molecule has 3 rings (SSSR count). The monoisotopic (exact) mass is 397 g/mol.